The summed E-state index contributed by atoms with van der Waals surface area (Å²) in [6.45, 7) is 4.91. The lowest BCUT2D eigenvalue weighted by Gasteiger charge is -2.27. The van der Waals surface area contributed by atoms with Gasteiger partial charge in [0.2, 0.25) is 0 Å². The summed E-state index contributed by atoms with van der Waals surface area (Å²) in [4.78, 5) is 16.1. The molecule has 0 heterocycles. The number of hydrogen-bond donors (Lipinski definition) is 2. The molecule has 1 aromatic carbocycles. The molecule has 0 saturated heterocycles. The monoisotopic (exact) mass is 278 g/mol. The highest BCUT2D eigenvalue weighted by molar-refractivity contribution is 5.96. The van der Waals surface area contributed by atoms with Gasteiger partial charge in [-0.3, -0.25) is 4.79 Å². The third kappa shape index (κ3) is 4.42. The molecular formula is C15H26N4O. The number of rotatable bonds is 7. The number of carbonyl (C=O) groups is 1. The molecular weight excluding hydrogens is 252 g/mol. The standard InChI is InChI=1S/C15H26N4O/c1-5-8-19(10-9-18(3)4)14-11-12(15(20)17-2)6-7-13(14)16/h6-7,11H,5,8-10,16H2,1-4H3,(H,17,20). The van der Waals surface area contributed by atoms with Crippen LogP contribution in [0.4, 0.5) is 11.4 Å². The molecule has 5 nitrogen and oxygen atoms in total. The summed E-state index contributed by atoms with van der Waals surface area (Å²) in [6.07, 6.45) is 1.04. The number of nitrogen functional groups attached to an aromatic ring is 1. The van der Waals surface area contributed by atoms with E-state index in [0.29, 0.717) is 11.3 Å². The average molecular weight is 278 g/mol. The van der Waals surface area contributed by atoms with Gasteiger partial charge in [0, 0.05) is 32.2 Å². The van der Waals surface area contributed by atoms with Gasteiger partial charge in [-0.25, -0.2) is 0 Å². The average Bonchev–Trinajstić information content (AvgIpc) is 2.43. The van der Waals surface area contributed by atoms with Gasteiger partial charge in [-0.1, -0.05) is 6.92 Å². The molecule has 1 amide bonds. The van der Waals surface area contributed by atoms with Crippen LogP contribution in [0.25, 0.3) is 0 Å². The second-order valence-electron chi connectivity index (χ2n) is 5.14. The van der Waals surface area contributed by atoms with E-state index in [0.717, 1.165) is 31.7 Å². The van der Waals surface area contributed by atoms with E-state index in [4.69, 9.17) is 5.73 Å². The summed E-state index contributed by atoms with van der Waals surface area (Å²) in [7, 11) is 5.73. The lowest BCUT2D eigenvalue weighted by atomic mass is 10.1. The van der Waals surface area contributed by atoms with Crippen LogP contribution >= 0.6 is 0 Å². The zero-order valence-electron chi connectivity index (χ0n) is 12.9. The Balaban J connectivity index is 3.01. The van der Waals surface area contributed by atoms with Gasteiger partial charge in [0.15, 0.2) is 0 Å². The van der Waals surface area contributed by atoms with Crippen molar-refractivity contribution in [2.75, 3.05) is 51.4 Å². The fourth-order valence-electron chi connectivity index (χ4n) is 2.05. The maximum atomic E-state index is 11.7. The van der Waals surface area contributed by atoms with Crippen molar-refractivity contribution in [1.29, 1.82) is 0 Å². The van der Waals surface area contributed by atoms with Crippen LogP contribution in [0.2, 0.25) is 0 Å². The molecule has 0 bridgehead atoms. The number of nitrogens with two attached hydrogens (primary N) is 1. The normalized spacial score (nSPS) is 10.7. The fraction of sp³-hybridized carbons (Fsp3) is 0.533. The van der Waals surface area contributed by atoms with Crippen molar-refractivity contribution in [2.45, 2.75) is 13.3 Å². The number of amides is 1. The Bertz CT molecular complexity index is 445. The molecule has 0 aromatic heterocycles. The zero-order chi connectivity index (χ0) is 15.1. The second-order valence-corrected chi connectivity index (χ2v) is 5.14. The molecule has 0 radical (unpaired) electrons. The summed E-state index contributed by atoms with van der Waals surface area (Å²) in [5.74, 6) is -0.0877. The lowest BCUT2D eigenvalue weighted by Crippen LogP contribution is -2.33. The minimum atomic E-state index is -0.0877. The molecule has 5 heteroatoms. The van der Waals surface area contributed by atoms with Gasteiger partial charge in [0.05, 0.1) is 11.4 Å². The zero-order valence-corrected chi connectivity index (χ0v) is 12.9. The lowest BCUT2D eigenvalue weighted by molar-refractivity contribution is 0.0963. The number of benzene rings is 1. The van der Waals surface area contributed by atoms with Crippen molar-refractivity contribution in [3.8, 4) is 0 Å². The number of anilines is 2. The minimum absolute atomic E-state index is 0.0877. The second kappa shape index (κ2) is 7.75. The van der Waals surface area contributed by atoms with Gasteiger partial charge in [-0.05, 0) is 38.7 Å². The van der Waals surface area contributed by atoms with Crippen molar-refractivity contribution >= 4 is 17.3 Å². The van der Waals surface area contributed by atoms with E-state index in [1.807, 2.05) is 6.07 Å². The van der Waals surface area contributed by atoms with Gasteiger partial charge in [-0.15, -0.1) is 0 Å². The highest BCUT2D eigenvalue weighted by Crippen LogP contribution is 2.25. The summed E-state index contributed by atoms with van der Waals surface area (Å²) in [5, 5.41) is 2.64. The van der Waals surface area contributed by atoms with Crippen molar-refractivity contribution in [1.82, 2.24) is 10.2 Å². The highest BCUT2D eigenvalue weighted by Gasteiger charge is 2.12. The van der Waals surface area contributed by atoms with Gasteiger partial charge < -0.3 is 20.9 Å². The summed E-state index contributed by atoms with van der Waals surface area (Å²) in [6, 6.07) is 5.44. The van der Waals surface area contributed by atoms with Crippen LogP contribution in [0, 0.1) is 0 Å². The van der Waals surface area contributed by atoms with Gasteiger partial charge in [0.25, 0.3) is 5.91 Å². The smallest absolute Gasteiger partial charge is 0.251 e. The molecule has 0 fully saturated rings. The van der Waals surface area contributed by atoms with Gasteiger partial charge in [0.1, 0.15) is 0 Å². The first-order valence-electron chi connectivity index (χ1n) is 7.00. The molecule has 0 aliphatic heterocycles. The van der Waals surface area contributed by atoms with Crippen LogP contribution < -0.4 is 16.0 Å². The van der Waals surface area contributed by atoms with Crippen molar-refractivity contribution in [2.24, 2.45) is 0 Å². The van der Waals surface area contributed by atoms with E-state index < -0.39 is 0 Å². The van der Waals surface area contributed by atoms with Crippen molar-refractivity contribution < 1.29 is 4.79 Å². The van der Waals surface area contributed by atoms with E-state index in [2.05, 4.69) is 36.1 Å². The molecule has 112 valence electrons. The van der Waals surface area contributed by atoms with E-state index in [-0.39, 0.29) is 5.91 Å². The summed E-state index contributed by atoms with van der Waals surface area (Å²) >= 11 is 0. The molecule has 20 heavy (non-hydrogen) atoms. The first-order valence-corrected chi connectivity index (χ1v) is 7.00. The number of carbonyl (C=O) groups excluding carboxylic acids is 1. The molecule has 0 saturated carbocycles. The third-order valence-corrected chi connectivity index (χ3v) is 3.17. The Morgan fingerprint density at radius 3 is 2.50 bits per heavy atom. The molecule has 1 aromatic rings. The Morgan fingerprint density at radius 2 is 1.95 bits per heavy atom. The van der Waals surface area contributed by atoms with Crippen LogP contribution in [0.5, 0.6) is 0 Å². The minimum Gasteiger partial charge on any atom is -0.397 e. The maximum Gasteiger partial charge on any atom is 0.251 e. The molecule has 0 unspecified atom stereocenters. The predicted octanol–water partition coefficient (Wildman–Crippen LogP) is 1.41. The van der Waals surface area contributed by atoms with Crippen molar-refractivity contribution in [3.63, 3.8) is 0 Å². The number of likely N-dealkylation sites (N-methyl/N-ethyl adjacent to an activating group) is 1. The Labute approximate surface area is 121 Å². The van der Waals surface area contributed by atoms with Crippen LogP contribution in [0.3, 0.4) is 0 Å². The van der Waals surface area contributed by atoms with E-state index in [1.165, 1.54) is 0 Å². The number of hydrogen-bond acceptors (Lipinski definition) is 4. The molecule has 0 atom stereocenters. The predicted molar refractivity (Wildman–Crippen MR) is 85.3 cm³/mol. The topological polar surface area (TPSA) is 61.6 Å². The van der Waals surface area contributed by atoms with Crippen molar-refractivity contribution in [3.05, 3.63) is 23.8 Å². The van der Waals surface area contributed by atoms with E-state index in [1.54, 1.807) is 19.2 Å². The van der Waals surface area contributed by atoms with Crippen LogP contribution in [-0.2, 0) is 0 Å². The highest BCUT2D eigenvalue weighted by atomic mass is 16.1. The number of nitrogens with one attached hydrogen (secondary N) is 1. The summed E-state index contributed by atoms with van der Waals surface area (Å²) in [5.41, 5.74) is 8.38. The molecule has 0 aliphatic rings. The molecule has 0 aliphatic carbocycles. The Hall–Kier alpha value is -1.75. The fourth-order valence-corrected chi connectivity index (χ4v) is 2.05. The van der Waals surface area contributed by atoms with E-state index in [9.17, 15) is 4.79 Å². The Morgan fingerprint density at radius 1 is 1.25 bits per heavy atom. The van der Waals surface area contributed by atoms with Crippen LogP contribution in [0.1, 0.15) is 23.7 Å². The van der Waals surface area contributed by atoms with E-state index >= 15 is 0 Å². The summed E-state index contributed by atoms with van der Waals surface area (Å²) < 4.78 is 0. The first kappa shape index (κ1) is 16.3. The first-order chi connectivity index (χ1) is 9.49. The quantitative estimate of drug-likeness (QED) is 0.740. The number of nitrogens with zero attached hydrogens (tertiary/aromatic N) is 2. The third-order valence-electron chi connectivity index (χ3n) is 3.17. The molecule has 0 spiro atoms. The SMILES string of the molecule is CCCN(CCN(C)C)c1cc(C(=O)NC)ccc1N. The Kier molecular flexibility index (Phi) is 6.31. The van der Waals surface area contributed by atoms with Gasteiger partial charge in [-0.2, -0.15) is 0 Å². The van der Waals surface area contributed by atoms with Crippen LogP contribution in [-0.4, -0.2) is 51.6 Å². The van der Waals surface area contributed by atoms with Gasteiger partial charge >= 0.3 is 0 Å². The largest absolute Gasteiger partial charge is 0.397 e. The molecule has 1 rings (SSSR count). The molecule has 3 N–H and O–H groups in total. The van der Waals surface area contributed by atoms with Crippen LogP contribution in [0.15, 0.2) is 18.2 Å². The maximum absolute atomic E-state index is 11.7.